The highest BCUT2D eigenvalue weighted by Gasteiger charge is 2.38. The molecule has 0 bridgehead atoms. The highest BCUT2D eigenvalue weighted by molar-refractivity contribution is 7.97. The summed E-state index contributed by atoms with van der Waals surface area (Å²) in [5, 5.41) is 2.84. The van der Waals surface area contributed by atoms with Crippen LogP contribution in [0, 0.1) is 13.8 Å². The van der Waals surface area contributed by atoms with E-state index in [4.69, 9.17) is 9.47 Å². The molecule has 0 spiro atoms. The van der Waals surface area contributed by atoms with Crippen molar-refractivity contribution in [2.24, 2.45) is 0 Å². The first-order valence-electron chi connectivity index (χ1n) is 9.87. The fourth-order valence-corrected chi connectivity index (χ4v) is 5.15. The summed E-state index contributed by atoms with van der Waals surface area (Å²) >= 11 is 0. The third-order valence-electron chi connectivity index (χ3n) is 5.79. The number of allylic oxidation sites excluding steroid dienone is 1. The number of methoxy groups -OCH3 is 2. The monoisotopic (exact) mass is 444 g/mol. The zero-order valence-electron chi connectivity index (χ0n) is 18.9. The van der Waals surface area contributed by atoms with E-state index in [2.05, 4.69) is 5.32 Å². The molecule has 1 heterocycles. The number of nitrogens with zero attached hydrogens (tertiary/aromatic N) is 1. The number of hydrogen-bond acceptors (Lipinski definition) is 5. The number of carbonyl (C=O) groups is 1. The lowest BCUT2D eigenvalue weighted by molar-refractivity contribution is -0.117. The minimum Gasteiger partial charge on any atom is -0.493 e. The lowest BCUT2D eigenvalue weighted by Crippen LogP contribution is -2.39. The summed E-state index contributed by atoms with van der Waals surface area (Å²) in [4.78, 5) is 12.9. The van der Waals surface area contributed by atoms with Gasteiger partial charge in [0.2, 0.25) is 0 Å². The Labute approximate surface area is 183 Å². The number of fused-ring (bicyclic) bond motifs is 1. The lowest BCUT2D eigenvalue weighted by Gasteiger charge is -2.31. The van der Waals surface area contributed by atoms with Gasteiger partial charge in [0.15, 0.2) is 16.4 Å². The molecule has 0 radical (unpaired) electrons. The Morgan fingerprint density at radius 3 is 2.19 bits per heavy atom. The molecule has 0 saturated carbocycles. The molecule has 1 N–H and O–H groups in total. The number of nitrogens with one attached hydrogen (secondary N) is 1. The van der Waals surface area contributed by atoms with Gasteiger partial charge in [0.1, 0.15) is 0 Å². The van der Waals surface area contributed by atoms with Gasteiger partial charge in [-0.2, -0.15) is 0 Å². The number of sulfonamides is 1. The van der Waals surface area contributed by atoms with Gasteiger partial charge in [0, 0.05) is 18.7 Å². The number of anilines is 1. The Bertz CT molecular complexity index is 1180. The molecule has 0 unspecified atom stereocenters. The molecule has 0 aromatic heterocycles. The van der Waals surface area contributed by atoms with Crippen LogP contribution in [0.4, 0.5) is 5.69 Å². The molecule has 31 heavy (non-hydrogen) atoms. The molecule has 7 nitrogen and oxygen atoms in total. The van der Waals surface area contributed by atoms with Crippen molar-refractivity contribution in [3.63, 3.8) is 0 Å². The number of aryl methyl sites for hydroxylation is 2. The summed E-state index contributed by atoms with van der Waals surface area (Å²) < 4.78 is 38.2. The maximum absolute atomic E-state index is 13.2. The first kappa shape index (κ1) is 22.7. The SMILES string of the molecule is COc1cc2c(cc1OC)N(C)S(=O)(=O)C(C(=O)N[C@@H](C)c1ccc(C)c(C)c1)=C2C. The summed E-state index contributed by atoms with van der Waals surface area (Å²) in [7, 11) is 0.365. The van der Waals surface area contributed by atoms with Crippen molar-refractivity contribution in [2.75, 3.05) is 25.6 Å². The molecule has 3 rings (SSSR count). The molecule has 166 valence electrons. The highest BCUT2D eigenvalue weighted by atomic mass is 32.2. The number of benzene rings is 2. The predicted molar refractivity (Wildman–Crippen MR) is 122 cm³/mol. The molecule has 1 amide bonds. The second-order valence-electron chi connectivity index (χ2n) is 7.69. The van der Waals surface area contributed by atoms with Crippen LogP contribution in [0.3, 0.4) is 0 Å². The average molecular weight is 445 g/mol. The van der Waals surface area contributed by atoms with Crippen molar-refractivity contribution >= 4 is 27.2 Å². The molecule has 1 atom stereocenters. The van der Waals surface area contributed by atoms with Gasteiger partial charge in [0.05, 0.1) is 25.9 Å². The standard InChI is InChI=1S/C23H28N2O5S/c1-13-8-9-17(10-14(13)2)16(4)24-23(26)22-15(3)18-11-20(29-6)21(30-7)12-19(18)25(5)31(22,27)28/h8-12,16H,1-7H3,(H,24,26)/t16-/m0/s1. The largest absolute Gasteiger partial charge is 0.493 e. The maximum Gasteiger partial charge on any atom is 0.269 e. The van der Waals surface area contributed by atoms with E-state index < -0.39 is 15.9 Å². The molecular weight excluding hydrogens is 416 g/mol. The zero-order chi connectivity index (χ0) is 23.1. The van der Waals surface area contributed by atoms with Crippen LogP contribution in [0.5, 0.6) is 11.5 Å². The second-order valence-corrected chi connectivity index (χ2v) is 9.60. The van der Waals surface area contributed by atoms with E-state index in [1.807, 2.05) is 39.0 Å². The van der Waals surface area contributed by atoms with Crippen LogP contribution in [0.1, 0.15) is 42.1 Å². The van der Waals surface area contributed by atoms with E-state index in [0.717, 1.165) is 21.0 Å². The summed E-state index contributed by atoms with van der Waals surface area (Å²) in [6.07, 6.45) is 0. The summed E-state index contributed by atoms with van der Waals surface area (Å²) in [5.41, 5.74) is 4.54. The molecule has 0 aliphatic carbocycles. The van der Waals surface area contributed by atoms with Gasteiger partial charge in [-0.15, -0.1) is 0 Å². The molecule has 8 heteroatoms. The van der Waals surface area contributed by atoms with Crippen molar-refractivity contribution in [1.29, 1.82) is 0 Å². The van der Waals surface area contributed by atoms with Gasteiger partial charge in [-0.25, -0.2) is 8.42 Å². The van der Waals surface area contributed by atoms with Crippen molar-refractivity contribution < 1.29 is 22.7 Å². The van der Waals surface area contributed by atoms with Gasteiger partial charge < -0.3 is 14.8 Å². The molecule has 1 aliphatic rings. The molecule has 2 aromatic rings. The van der Waals surface area contributed by atoms with Crippen molar-refractivity contribution in [2.45, 2.75) is 33.7 Å². The molecule has 2 aromatic carbocycles. The molecule has 0 saturated heterocycles. The van der Waals surface area contributed by atoms with E-state index in [9.17, 15) is 13.2 Å². The quantitative estimate of drug-likeness (QED) is 0.760. The van der Waals surface area contributed by atoms with E-state index in [0.29, 0.717) is 28.3 Å². The topological polar surface area (TPSA) is 84.9 Å². The van der Waals surface area contributed by atoms with Crippen LogP contribution in [0.15, 0.2) is 35.2 Å². The average Bonchev–Trinajstić information content (AvgIpc) is 2.72. The van der Waals surface area contributed by atoms with Crippen LogP contribution in [-0.4, -0.2) is 35.6 Å². The minimum absolute atomic E-state index is 0.273. The van der Waals surface area contributed by atoms with E-state index >= 15 is 0 Å². The summed E-state index contributed by atoms with van der Waals surface area (Å²) in [6, 6.07) is 8.84. The van der Waals surface area contributed by atoms with Gasteiger partial charge >= 0.3 is 0 Å². The summed E-state index contributed by atoms with van der Waals surface area (Å²) in [6.45, 7) is 7.48. The van der Waals surface area contributed by atoms with Crippen molar-refractivity contribution in [1.82, 2.24) is 5.32 Å². The van der Waals surface area contributed by atoms with Crippen molar-refractivity contribution in [3.8, 4) is 11.5 Å². The van der Waals surface area contributed by atoms with Gasteiger partial charge in [0.25, 0.3) is 15.9 Å². The number of rotatable bonds is 5. The van der Waals surface area contributed by atoms with Crippen molar-refractivity contribution in [3.05, 3.63) is 57.5 Å². The van der Waals surface area contributed by atoms with Crippen LogP contribution >= 0.6 is 0 Å². The molecule has 1 aliphatic heterocycles. The van der Waals surface area contributed by atoms with Gasteiger partial charge in [-0.3, -0.25) is 9.10 Å². The fourth-order valence-electron chi connectivity index (χ4n) is 3.68. The van der Waals surface area contributed by atoms with Gasteiger partial charge in [-0.05, 0) is 56.0 Å². The van der Waals surface area contributed by atoms with Gasteiger partial charge in [-0.1, -0.05) is 18.2 Å². The summed E-state index contributed by atoms with van der Waals surface area (Å²) in [5.74, 6) is 0.222. The lowest BCUT2D eigenvalue weighted by atomic mass is 10.0. The van der Waals surface area contributed by atoms with Crippen LogP contribution in [-0.2, 0) is 14.8 Å². The van der Waals surface area contributed by atoms with Crippen LogP contribution in [0.2, 0.25) is 0 Å². The van der Waals surface area contributed by atoms with E-state index in [-0.39, 0.29) is 10.9 Å². The maximum atomic E-state index is 13.2. The number of ether oxygens (including phenoxy) is 2. The van der Waals surface area contributed by atoms with Crippen LogP contribution < -0.4 is 19.1 Å². The predicted octanol–water partition coefficient (Wildman–Crippen LogP) is 3.71. The highest BCUT2D eigenvalue weighted by Crippen LogP contribution is 2.44. The third kappa shape index (κ3) is 3.87. The number of carbonyl (C=O) groups excluding carboxylic acids is 1. The number of hydrogen-bond donors (Lipinski definition) is 1. The van der Waals surface area contributed by atoms with E-state index in [1.165, 1.54) is 21.3 Å². The van der Waals surface area contributed by atoms with E-state index in [1.54, 1.807) is 19.1 Å². The molecule has 0 fully saturated rings. The Hall–Kier alpha value is -3.00. The Balaban J connectivity index is 2.06. The number of amides is 1. The molecular formula is C23H28N2O5S. The smallest absolute Gasteiger partial charge is 0.269 e. The first-order valence-corrected chi connectivity index (χ1v) is 11.3. The zero-order valence-corrected chi connectivity index (χ0v) is 19.7. The first-order chi connectivity index (χ1) is 14.5. The third-order valence-corrected chi connectivity index (χ3v) is 7.71. The minimum atomic E-state index is -4.05. The Morgan fingerprint density at radius 2 is 1.61 bits per heavy atom. The normalized spacial score (nSPS) is 15.9. The Morgan fingerprint density at radius 1 is 1.00 bits per heavy atom. The second kappa shape index (κ2) is 8.26. The Kier molecular flexibility index (Phi) is 6.04. The van der Waals surface area contributed by atoms with Crippen LogP contribution in [0.25, 0.3) is 5.57 Å². The fraction of sp³-hybridized carbons (Fsp3) is 0.348.